The summed E-state index contributed by atoms with van der Waals surface area (Å²) in [5, 5.41) is 3.23. The highest BCUT2D eigenvalue weighted by molar-refractivity contribution is 5.81. The first-order chi connectivity index (χ1) is 6.11. The van der Waals surface area contributed by atoms with Crippen molar-refractivity contribution in [2.75, 3.05) is 13.1 Å². The maximum Gasteiger partial charge on any atom is 0.239 e. The Labute approximate surface area is 80.5 Å². The van der Waals surface area contributed by atoms with E-state index in [-0.39, 0.29) is 11.9 Å². The minimum atomic E-state index is -0.0295. The van der Waals surface area contributed by atoms with Crippen LogP contribution in [0.25, 0.3) is 0 Å². The van der Waals surface area contributed by atoms with Crippen molar-refractivity contribution in [2.45, 2.75) is 45.7 Å². The lowest BCUT2D eigenvalue weighted by Gasteiger charge is -2.22. The number of hydrogen-bond acceptors (Lipinski definition) is 2. The van der Waals surface area contributed by atoms with E-state index >= 15 is 0 Å². The molecular weight excluding hydrogens is 164 g/mol. The van der Waals surface area contributed by atoms with E-state index in [1.165, 1.54) is 12.8 Å². The van der Waals surface area contributed by atoms with Crippen LogP contribution in [0.1, 0.15) is 33.6 Å². The molecule has 3 heteroatoms. The van der Waals surface area contributed by atoms with Crippen molar-refractivity contribution >= 4 is 5.91 Å². The van der Waals surface area contributed by atoms with Gasteiger partial charge >= 0.3 is 0 Å². The zero-order valence-electron chi connectivity index (χ0n) is 8.84. The summed E-state index contributed by atoms with van der Waals surface area (Å²) in [5.41, 5.74) is 0. The Balaban J connectivity index is 2.36. The van der Waals surface area contributed by atoms with E-state index in [0.717, 1.165) is 13.1 Å². The highest BCUT2D eigenvalue weighted by Crippen LogP contribution is 2.08. The molecule has 1 aliphatic heterocycles. The second-order valence-electron chi connectivity index (χ2n) is 4.08. The molecule has 76 valence electrons. The quantitative estimate of drug-likeness (QED) is 0.709. The summed E-state index contributed by atoms with van der Waals surface area (Å²) in [6.45, 7) is 7.97. The number of nitrogens with zero attached hydrogens (tertiary/aromatic N) is 1. The van der Waals surface area contributed by atoms with E-state index in [0.29, 0.717) is 6.04 Å². The number of rotatable bonds is 3. The fourth-order valence-corrected chi connectivity index (χ4v) is 1.78. The molecule has 1 rings (SSSR count). The van der Waals surface area contributed by atoms with Gasteiger partial charge in [0.25, 0.3) is 0 Å². The van der Waals surface area contributed by atoms with Crippen molar-refractivity contribution in [3.8, 4) is 0 Å². The molecule has 0 aromatic rings. The van der Waals surface area contributed by atoms with E-state index in [1.54, 1.807) is 0 Å². The topological polar surface area (TPSA) is 32.3 Å². The molecular formula is C10H20N2O. The van der Waals surface area contributed by atoms with E-state index in [1.807, 2.05) is 11.8 Å². The van der Waals surface area contributed by atoms with Crippen LogP contribution in [0.3, 0.4) is 0 Å². The Morgan fingerprint density at radius 1 is 1.23 bits per heavy atom. The average Bonchev–Trinajstić information content (AvgIpc) is 2.53. The van der Waals surface area contributed by atoms with Crippen LogP contribution in [0.4, 0.5) is 0 Å². The number of amides is 1. The summed E-state index contributed by atoms with van der Waals surface area (Å²) in [6, 6.07) is 0.347. The highest BCUT2D eigenvalue weighted by Gasteiger charge is 2.22. The third-order valence-corrected chi connectivity index (χ3v) is 2.37. The molecule has 0 aromatic carbocycles. The first-order valence-corrected chi connectivity index (χ1v) is 5.16. The second kappa shape index (κ2) is 4.61. The standard InChI is InChI=1S/C10H20N2O/c1-8(2)11-9(3)10(13)12-6-4-5-7-12/h8-9,11H,4-7H2,1-3H3/t9-/m0/s1. The number of likely N-dealkylation sites (tertiary alicyclic amines) is 1. The zero-order valence-corrected chi connectivity index (χ0v) is 8.84. The normalized spacial score (nSPS) is 19.5. The van der Waals surface area contributed by atoms with Crippen LogP contribution in [0.2, 0.25) is 0 Å². The second-order valence-corrected chi connectivity index (χ2v) is 4.08. The lowest BCUT2D eigenvalue weighted by molar-refractivity contribution is -0.132. The molecule has 0 aliphatic carbocycles. The summed E-state index contributed by atoms with van der Waals surface area (Å²) < 4.78 is 0. The van der Waals surface area contributed by atoms with Gasteiger partial charge in [-0.05, 0) is 19.8 Å². The van der Waals surface area contributed by atoms with Crippen LogP contribution in [0, 0.1) is 0 Å². The Kier molecular flexibility index (Phi) is 3.72. The molecule has 13 heavy (non-hydrogen) atoms. The van der Waals surface area contributed by atoms with Crippen LogP contribution in [0.5, 0.6) is 0 Å². The molecule has 0 aromatic heterocycles. The average molecular weight is 184 g/mol. The van der Waals surface area contributed by atoms with Crippen LogP contribution >= 0.6 is 0 Å². The highest BCUT2D eigenvalue weighted by atomic mass is 16.2. The summed E-state index contributed by atoms with van der Waals surface area (Å²) in [4.78, 5) is 13.7. The van der Waals surface area contributed by atoms with E-state index in [2.05, 4.69) is 19.2 Å². The Morgan fingerprint density at radius 2 is 1.77 bits per heavy atom. The van der Waals surface area contributed by atoms with Gasteiger partial charge in [0.15, 0.2) is 0 Å². The SMILES string of the molecule is CC(C)N[C@@H](C)C(=O)N1CCCC1. The lowest BCUT2D eigenvalue weighted by Crippen LogP contribution is -2.45. The molecule has 1 N–H and O–H groups in total. The molecule has 0 unspecified atom stereocenters. The smallest absolute Gasteiger partial charge is 0.239 e. The van der Waals surface area contributed by atoms with Gasteiger partial charge in [0.2, 0.25) is 5.91 Å². The van der Waals surface area contributed by atoms with E-state index < -0.39 is 0 Å². The molecule has 0 spiro atoms. The van der Waals surface area contributed by atoms with Crippen molar-refractivity contribution < 1.29 is 4.79 Å². The number of carbonyl (C=O) groups is 1. The minimum absolute atomic E-state index is 0.0295. The van der Waals surface area contributed by atoms with Gasteiger partial charge in [0.05, 0.1) is 6.04 Å². The van der Waals surface area contributed by atoms with Gasteiger partial charge in [0, 0.05) is 19.1 Å². The van der Waals surface area contributed by atoms with Gasteiger partial charge in [-0.2, -0.15) is 0 Å². The van der Waals surface area contributed by atoms with Crippen molar-refractivity contribution in [1.29, 1.82) is 0 Å². The Bertz CT molecular complexity index is 174. The molecule has 1 saturated heterocycles. The minimum Gasteiger partial charge on any atom is -0.341 e. The fraction of sp³-hybridized carbons (Fsp3) is 0.900. The van der Waals surface area contributed by atoms with Crippen molar-refractivity contribution in [2.24, 2.45) is 0 Å². The van der Waals surface area contributed by atoms with Gasteiger partial charge in [0.1, 0.15) is 0 Å². The molecule has 3 nitrogen and oxygen atoms in total. The van der Waals surface area contributed by atoms with Gasteiger partial charge in [-0.25, -0.2) is 0 Å². The first-order valence-electron chi connectivity index (χ1n) is 5.16. The van der Waals surface area contributed by atoms with Crippen molar-refractivity contribution in [3.63, 3.8) is 0 Å². The van der Waals surface area contributed by atoms with E-state index in [4.69, 9.17) is 0 Å². The largest absolute Gasteiger partial charge is 0.341 e. The molecule has 0 bridgehead atoms. The summed E-state index contributed by atoms with van der Waals surface area (Å²) >= 11 is 0. The van der Waals surface area contributed by atoms with Crippen molar-refractivity contribution in [1.82, 2.24) is 10.2 Å². The van der Waals surface area contributed by atoms with Crippen LogP contribution in [0.15, 0.2) is 0 Å². The van der Waals surface area contributed by atoms with Gasteiger partial charge in [-0.15, -0.1) is 0 Å². The number of hydrogen-bond donors (Lipinski definition) is 1. The third kappa shape index (κ3) is 2.99. The first kappa shape index (κ1) is 10.5. The summed E-state index contributed by atoms with van der Waals surface area (Å²) in [7, 11) is 0. The molecule has 1 aliphatic rings. The predicted octanol–water partition coefficient (Wildman–Crippen LogP) is 0.995. The van der Waals surface area contributed by atoms with Gasteiger partial charge in [-0.3, -0.25) is 4.79 Å². The maximum atomic E-state index is 11.7. The zero-order chi connectivity index (χ0) is 9.84. The third-order valence-electron chi connectivity index (χ3n) is 2.37. The molecule has 1 amide bonds. The number of carbonyl (C=O) groups excluding carboxylic acids is 1. The molecule has 1 atom stereocenters. The van der Waals surface area contributed by atoms with E-state index in [9.17, 15) is 4.79 Å². The molecule has 1 fully saturated rings. The lowest BCUT2D eigenvalue weighted by atomic mass is 10.2. The van der Waals surface area contributed by atoms with Crippen LogP contribution < -0.4 is 5.32 Å². The van der Waals surface area contributed by atoms with Gasteiger partial charge in [-0.1, -0.05) is 13.8 Å². The monoisotopic (exact) mass is 184 g/mol. The fourth-order valence-electron chi connectivity index (χ4n) is 1.78. The maximum absolute atomic E-state index is 11.7. The van der Waals surface area contributed by atoms with Crippen LogP contribution in [-0.2, 0) is 4.79 Å². The van der Waals surface area contributed by atoms with Crippen molar-refractivity contribution in [3.05, 3.63) is 0 Å². The Hall–Kier alpha value is -0.570. The summed E-state index contributed by atoms with van der Waals surface area (Å²) in [6.07, 6.45) is 2.33. The van der Waals surface area contributed by atoms with Gasteiger partial charge < -0.3 is 10.2 Å². The Morgan fingerprint density at radius 3 is 2.23 bits per heavy atom. The molecule has 0 saturated carbocycles. The van der Waals surface area contributed by atoms with Crippen LogP contribution in [-0.4, -0.2) is 36.0 Å². The molecule has 1 heterocycles. The molecule has 0 radical (unpaired) electrons. The number of nitrogens with one attached hydrogen (secondary N) is 1. The summed E-state index contributed by atoms with van der Waals surface area (Å²) in [5.74, 6) is 0.256. The predicted molar refractivity (Wildman–Crippen MR) is 53.5 cm³/mol.